The van der Waals surface area contributed by atoms with Crippen molar-refractivity contribution in [2.75, 3.05) is 0 Å². The van der Waals surface area contributed by atoms with Crippen LogP contribution in [0, 0.1) is 10.8 Å². The van der Waals surface area contributed by atoms with Crippen LogP contribution in [0.5, 0.6) is 5.75 Å². The first-order valence-corrected chi connectivity index (χ1v) is 13.2. The van der Waals surface area contributed by atoms with E-state index in [1.54, 1.807) is 0 Å². The van der Waals surface area contributed by atoms with Gasteiger partial charge in [0.2, 0.25) is 0 Å². The molecule has 7 rings (SSSR count). The molecule has 2 bridgehead atoms. The van der Waals surface area contributed by atoms with Gasteiger partial charge in [0.05, 0.1) is 11.5 Å². The third kappa shape index (κ3) is 3.95. The lowest BCUT2D eigenvalue weighted by molar-refractivity contribution is -0.156. The normalized spacial score (nSPS) is 30.9. The average molecular weight is 448 g/mol. The average Bonchev–Trinajstić information content (AvgIpc) is 2.83. The van der Waals surface area contributed by atoms with E-state index in [-0.39, 0.29) is 5.54 Å². The molecule has 5 aliphatic rings. The molecule has 4 nitrogen and oxygen atoms in total. The number of carbonyl (C=O) groups is 1. The first-order chi connectivity index (χ1) is 16.0. The third-order valence-electron chi connectivity index (χ3n) is 9.95. The van der Waals surface area contributed by atoms with Crippen molar-refractivity contribution in [3.05, 3.63) is 42.0 Å². The SMILES string of the molecule is O=C(O)C12CCC(NCc3ccc4cc(OC5CCC6(CCC6)CC5)ccc4c3)(CC1)CC2. The van der Waals surface area contributed by atoms with Gasteiger partial charge >= 0.3 is 5.97 Å². The Morgan fingerprint density at radius 3 is 2.18 bits per heavy atom. The van der Waals surface area contributed by atoms with Crippen LogP contribution in [0.3, 0.4) is 0 Å². The summed E-state index contributed by atoms with van der Waals surface area (Å²) in [7, 11) is 0. The molecule has 176 valence electrons. The highest BCUT2D eigenvalue weighted by atomic mass is 16.5. The maximum atomic E-state index is 11.7. The zero-order valence-corrected chi connectivity index (χ0v) is 19.7. The van der Waals surface area contributed by atoms with Crippen LogP contribution in [-0.4, -0.2) is 22.7 Å². The summed E-state index contributed by atoms with van der Waals surface area (Å²) < 4.78 is 6.39. The monoisotopic (exact) mass is 447 g/mol. The van der Waals surface area contributed by atoms with Gasteiger partial charge in [-0.05, 0) is 117 Å². The van der Waals surface area contributed by atoms with E-state index in [9.17, 15) is 9.90 Å². The van der Waals surface area contributed by atoms with Gasteiger partial charge in [0.15, 0.2) is 0 Å². The lowest BCUT2D eigenvalue weighted by atomic mass is 9.57. The maximum Gasteiger partial charge on any atom is 0.309 e. The molecule has 33 heavy (non-hydrogen) atoms. The van der Waals surface area contributed by atoms with Crippen molar-refractivity contribution >= 4 is 16.7 Å². The zero-order chi connectivity index (χ0) is 22.5. The second kappa shape index (κ2) is 8.01. The number of hydrogen-bond acceptors (Lipinski definition) is 3. The van der Waals surface area contributed by atoms with Crippen LogP contribution in [0.15, 0.2) is 36.4 Å². The van der Waals surface area contributed by atoms with Crippen molar-refractivity contribution in [3.63, 3.8) is 0 Å². The van der Waals surface area contributed by atoms with Crippen LogP contribution in [0.4, 0.5) is 0 Å². The summed E-state index contributed by atoms with van der Waals surface area (Å²) in [5.74, 6) is 0.424. The van der Waals surface area contributed by atoms with E-state index in [1.807, 2.05) is 0 Å². The molecule has 0 amide bonds. The molecule has 4 heteroatoms. The number of nitrogens with one attached hydrogen (secondary N) is 1. The Hall–Kier alpha value is -2.07. The number of fused-ring (bicyclic) bond motifs is 4. The highest BCUT2D eigenvalue weighted by molar-refractivity contribution is 5.84. The molecule has 5 fully saturated rings. The van der Waals surface area contributed by atoms with Gasteiger partial charge in [0.1, 0.15) is 5.75 Å². The predicted molar refractivity (Wildman–Crippen MR) is 130 cm³/mol. The van der Waals surface area contributed by atoms with Gasteiger partial charge in [-0.25, -0.2) is 0 Å². The smallest absolute Gasteiger partial charge is 0.309 e. The highest BCUT2D eigenvalue weighted by Gasteiger charge is 2.52. The van der Waals surface area contributed by atoms with E-state index < -0.39 is 11.4 Å². The fourth-order valence-electron chi connectivity index (χ4n) is 7.21. The summed E-state index contributed by atoms with van der Waals surface area (Å²) in [6.45, 7) is 0.845. The standard InChI is InChI=1S/C29H37NO3/c31-26(32)28-12-15-29(16-13-28,17-14-28)30-20-21-2-3-23-19-25(5-4-22(23)18-21)33-24-6-10-27(11-7-24)8-1-9-27/h2-5,18-19,24,30H,1,6-17,20H2,(H,31,32). The fraction of sp³-hybridized carbons (Fsp3) is 0.621. The van der Waals surface area contributed by atoms with Crippen LogP contribution in [-0.2, 0) is 11.3 Å². The van der Waals surface area contributed by atoms with Gasteiger partial charge in [0.25, 0.3) is 0 Å². The van der Waals surface area contributed by atoms with Gasteiger partial charge in [0, 0.05) is 12.1 Å². The minimum absolute atomic E-state index is 0.127. The van der Waals surface area contributed by atoms with Gasteiger partial charge in [-0.1, -0.05) is 24.6 Å². The Bertz CT molecular complexity index is 1020. The van der Waals surface area contributed by atoms with E-state index in [2.05, 4.69) is 41.7 Å². The Morgan fingerprint density at radius 2 is 1.55 bits per heavy atom. The van der Waals surface area contributed by atoms with Gasteiger partial charge in [-0.15, -0.1) is 0 Å². The molecule has 0 aliphatic heterocycles. The maximum absolute atomic E-state index is 11.7. The highest BCUT2D eigenvalue weighted by Crippen LogP contribution is 2.53. The lowest BCUT2D eigenvalue weighted by Gasteiger charge is -2.51. The molecule has 1 spiro atoms. The molecule has 0 heterocycles. The Morgan fingerprint density at radius 1 is 0.879 bits per heavy atom. The summed E-state index contributed by atoms with van der Waals surface area (Å²) >= 11 is 0. The third-order valence-corrected chi connectivity index (χ3v) is 9.95. The predicted octanol–water partition coefficient (Wildman–Crippen LogP) is 6.60. The Labute approximate surface area is 197 Å². The van der Waals surface area contributed by atoms with Crippen LogP contribution in [0.25, 0.3) is 10.8 Å². The number of hydrogen-bond donors (Lipinski definition) is 2. The molecule has 5 saturated carbocycles. The number of aliphatic carboxylic acids is 1. The number of carboxylic acids is 1. The first-order valence-electron chi connectivity index (χ1n) is 13.2. The molecule has 0 radical (unpaired) electrons. The largest absolute Gasteiger partial charge is 0.490 e. The summed E-state index contributed by atoms with van der Waals surface area (Å²) in [6.07, 6.45) is 15.2. The number of benzene rings is 2. The van der Waals surface area contributed by atoms with Crippen molar-refractivity contribution in [2.24, 2.45) is 10.8 Å². The molecule has 0 unspecified atom stereocenters. The minimum atomic E-state index is -0.584. The van der Waals surface area contributed by atoms with Gasteiger partial charge in [-0.2, -0.15) is 0 Å². The molecule has 5 aliphatic carbocycles. The topological polar surface area (TPSA) is 58.6 Å². The molecule has 0 aromatic heterocycles. The minimum Gasteiger partial charge on any atom is -0.490 e. The Balaban J connectivity index is 1.07. The van der Waals surface area contributed by atoms with Crippen LogP contribution < -0.4 is 10.1 Å². The summed E-state index contributed by atoms with van der Waals surface area (Å²) in [5.41, 5.74) is 1.66. The number of rotatable bonds is 6. The summed E-state index contributed by atoms with van der Waals surface area (Å²) in [4.78, 5) is 11.7. The van der Waals surface area contributed by atoms with E-state index >= 15 is 0 Å². The molecule has 2 aromatic rings. The molecule has 2 aromatic carbocycles. The van der Waals surface area contributed by atoms with Gasteiger partial charge < -0.3 is 15.2 Å². The van der Waals surface area contributed by atoms with E-state index in [0.29, 0.717) is 11.5 Å². The second-order valence-electron chi connectivity index (χ2n) is 11.7. The molecular weight excluding hydrogens is 410 g/mol. The number of carboxylic acid groups (broad SMARTS) is 1. The van der Waals surface area contributed by atoms with Crippen molar-refractivity contribution in [1.29, 1.82) is 0 Å². The van der Waals surface area contributed by atoms with Crippen LogP contribution >= 0.6 is 0 Å². The number of ether oxygens (including phenoxy) is 1. The van der Waals surface area contributed by atoms with E-state index in [1.165, 1.54) is 61.3 Å². The van der Waals surface area contributed by atoms with Crippen LogP contribution in [0.2, 0.25) is 0 Å². The first kappa shape index (κ1) is 21.5. The zero-order valence-electron chi connectivity index (χ0n) is 19.7. The van der Waals surface area contributed by atoms with Crippen molar-refractivity contribution < 1.29 is 14.6 Å². The molecule has 2 N–H and O–H groups in total. The van der Waals surface area contributed by atoms with Gasteiger partial charge in [-0.3, -0.25) is 4.79 Å². The second-order valence-corrected chi connectivity index (χ2v) is 11.7. The van der Waals surface area contributed by atoms with Crippen molar-refractivity contribution in [1.82, 2.24) is 5.32 Å². The lowest BCUT2D eigenvalue weighted by Crippen LogP contribution is -2.56. The Kier molecular flexibility index (Phi) is 5.21. The quantitative estimate of drug-likeness (QED) is 0.524. The molecule has 0 atom stereocenters. The van der Waals surface area contributed by atoms with Crippen LogP contribution in [0.1, 0.15) is 89.0 Å². The summed E-state index contributed by atoms with van der Waals surface area (Å²) in [5, 5.41) is 15.9. The van der Waals surface area contributed by atoms with Crippen molar-refractivity contribution in [2.45, 2.75) is 102 Å². The molecular formula is C29H37NO3. The van der Waals surface area contributed by atoms with E-state index in [0.717, 1.165) is 50.8 Å². The molecule has 0 saturated heterocycles. The summed E-state index contributed by atoms with van der Waals surface area (Å²) in [6, 6.07) is 13.3. The fourth-order valence-corrected chi connectivity index (χ4v) is 7.21. The van der Waals surface area contributed by atoms with Crippen molar-refractivity contribution in [3.8, 4) is 5.75 Å². The van der Waals surface area contributed by atoms with E-state index in [4.69, 9.17) is 4.74 Å².